The second-order valence-corrected chi connectivity index (χ2v) is 14.1. The zero-order chi connectivity index (χ0) is 27.2. The van der Waals surface area contributed by atoms with Crippen LogP contribution in [-0.2, 0) is 10.2 Å². The number of ether oxygens (including phenoxy) is 1. The van der Waals surface area contributed by atoms with Gasteiger partial charge in [-0.15, -0.1) is 0 Å². The van der Waals surface area contributed by atoms with Crippen molar-refractivity contribution in [1.82, 2.24) is 9.80 Å². The van der Waals surface area contributed by atoms with E-state index in [4.69, 9.17) is 4.74 Å². The van der Waals surface area contributed by atoms with E-state index in [1.807, 2.05) is 0 Å². The summed E-state index contributed by atoms with van der Waals surface area (Å²) in [4.78, 5) is 21.4. The second kappa shape index (κ2) is 10.6. The predicted molar refractivity (Wildman–Crippen MR) is 155 cm³/mol. The van der Waals surface area contributed by atoms with E-state index in [0.29, 0.717) is 5.78 Å². The van der Waals surface area contributed by atoms with E-state index in [2.05, 4.69) is 95.2 Å². The highest BCUT2D eigenvalue weighted by Gasteiger charge is 2.47. The summed E-state index contributed by atoms with van der Waals surface area (Å²) in [7, 11) is 0. The molecular formula is C32H53N3O2. The van der Waals surface area contributed by atoms with Gasteiger partial charge in [-0.25, -0.2) is 0 Å². The molecule has 0 spiro atoms. The summed E-state index contributed by atoms with van der Waals surface area (Å²) in [5, 5.41) is 0. The fraction of sp³-hybridized carbons (Fsp3) is 0.781. The Labute approximate surface area is 226 Å². The van der Waals surface area contributed by atoms with Crippen LogP contribution in [-0.4, -0.2) is 78.6 Å². The molecule has 4 rings (SSSR count). The number of ketones is 1. The molecule has 1 aliphatic heterocycles. The molecular weight excluding hydrogens is 458 g/mol. The lowest BCUT2D eigenvalue weighted by molar-refractivity contribution is -0.0250. The maximum Gasteiger partial charge on any atom is 0.180 e. The molecule has 0 amide bonds. The fourth-order valence-electron chi connectivity index (χ4n) is 6.39. The first-order valence-electron chi connectivity index (χ1n) is 14.8. The van der Waals surface area contributed by atoms with Crippen molar-refractivity contribution in [3.05, 3.63) is 29.3 Å². The molecule has 1 aromatic rings. The average molecular weight is 512 g/mol. The van der Waals surface area contributed by atoms with Crippen LogP contribution in [0, 0.1) is 11.8 Å². The maximum atomic E-state index is 13.8. The molecule has 0 N–H and O–H groups in total. The van der Waals surface area contributed by atoms with Crippen LogP contribution in [0.3, 0.4) is 0 Å². The van der Waals surface area contributed by atoms with Gasteiger partial charge in [-0.2, -0.15) is 0 Å². The van der Waals surface area contributed by atoms with Gasteiger partial charge >= 0.3 is 0 Å². The highest BCUT2D eigenvalue weighted by molar-refractivity contribution is 6.03. The summed E-state index contributed by atoms with van der Waals surface area (Å²) >= 11 is 0. The number of rotatable bonds is 9. The summed E-state index contributed by atoms with van der Waals surface area (Å²) < 4.78 is 6.02. The van der Waals surface area contributed by atoms with Crippen LogP contribution >= 0.6 is 0 Å². The molecule has 2 atom stereocenters. The van der Waals surface area contributed by atoms with Gasteiger partial charge in [0.25, 0.3) is 0 Å². The van der Waals surface area contributed by atoms with Crippen LogP contribution in [0.25, 0.3) is 0 Å². The minimum Gasteiger partial charge on any atom is -0.376 e. The van der Waals surface area contributed by atoms with Crippen LogP contribution in [0.5, 0.6) is 0 Å². The third-order valence-corrected chi connectivity index (χ3v) is 9.58. The molecule has 37 heavy (non-hydrogen) atoms. The van der Waals surface area contributed by atoms with Gasteiger partial charge in [0.15, 0.2) is 5.78 Å². The number of Topliss-reactive ketones (excluding diaryl/α,β-unsaturated/α-hetero) is 1. The molecule has 0 unspecified atom stereocenters. The monoisotopic (exact) mass is 511 g/mol. The SMILES string of the molecule is CCN(CC1CC1)[C@@H]1C(=O)c2ccc(N3CCN(C(C)(C)CCOC(C)(C)C)CC3)cc2C(C)(C)[C@H]1C. The number of anilines is 1. The molecule has 2 fully saturated rings. The molecule has 0 radical (unpaired) electrons. The van der Waals surface area contributed by atoms with E-state index >= 15 is 0 Å². The standard InChI is InChI=1S/C32H53N3O2/c1-10-33(22-24-11-12-24)28-23(2)32(8,9)27-21-25(13-14-26(27)29(28)36)34-16-18-35(19-17-34)31(6,7)15-20-37-30(3,4)5/h13-14,21,23-24,28H,10-12,15-20,22H2,1-9H3/t23-,28-/m0/s1. The average Bonchev–Trinajstić information content (AvgIpc) is 3.65. The number of benzene rings is 1. The van der Waals surface area contributed by atoms with E-state index in [1.54, 1.807) is 0 Å². The number of hydrogen-bond donors (Lipinski definition) is 0. The van der Waals surface area contributed by atoms with E-state index < -0.39 is 0 Å². The van der Waals surface area contributed by atoms with Gasteiger partial charge in [-0.1, -0.05) is 27.7 Å². The van der Waals surface area contributed by atoms with E-state index in [0.717, 1.165) is 63.8 Å². The number of likely N-dealkylation sites (N-methyl/N-ethyl adjacent to an activating group) is 1. The lowest BCUT2D eigenvalue weighted by Gasteiger charge is -2.48. The highest BCUT2D eigenvalue weighted by atomic mass is 16.5. The Hall–Kier alpha value is -1.43. The van der Waals surface area contributed by atoms with Gasteiger partial charge in [0.05, 0.1) is 11.6 Å². The minimum atomic E-state index is -0.0834. The number of hydrogen-bond acceptors (Lipinski definition) is 5. The van der Waals surface area contributed by atoms with Crippen molar-refractivity contribution in [2.45, 2.75) is 104 Å². The molecule has 1 aromatic carbocycles. The lowest BCUT2D eigenvalue weighted by atomic mass is 9.63. The van der Waals surface area contributed by atoms with Crippen LogP contribution in [0.15, 0.2) is 18.2 Å². The normalized spacial score (nSPS) is 25.0. The van der Waals surface area contributed by atoms with Crippen LogP contribution < -0.4 is 4.90 Å². The lowest BCUT2D eigenvalue weighted by Crippen LogP contribution is -2.56. The topological polar surface area (TPSA) is 36.0 Å². The molecule has 5 nitrogen and oxygen atoms in total. The number of carbonyl (C=O) groups excluding carboxylic acids is 1. The van der Waals surface area contributed by atoms with Gasteiger partial charge in [-0.3, -0.25) is 14.6 Å². The van der Waals surface area contributed by atoms with Crippen molar-refractivity contribution in [1.29, 1.82) is 0 Å². The van der Waals surface area contributed by atoms with E-state index in [9.17, 15) is 4.79 Å². The van der Waals surface area contributed by atoms with Crippen LogP contribution in [0.1, 0.15) is 97.5 Å². The first-order valence-corrected chi connectivity index (χ1v) is 14.8. The van der Waals surface area contributed by atoms with Crippen molar-refractivity contribution in [2.75, 3.05) is 50.8 Å². The zero-order valence-electron chi connectivity index (χ0n) is 25.2. The first-order chi connectivity index (χ1) is 17.2. The Balaban J connectivity index is 1.45. The quantitative estimate of drug-likeness (QED) is 0.406. The zero-order valence-corrected chi connectivity index (χ0v) is 25.2. The molecule has 0 aromatic heterocycles. The Morgan fingerprint density at radius 2 is 1.70 bits per heavy atom. The number of carbonyl (C=O) groups is 1. The van der Waals surface area contributed by atoms with E-state index in [-0.39, 0.29) is 28.5 Å². The minimum absolute atomic E-state index is 0.00742. The van der Waals surface area contributed by atoms with Gasteiger partial charge in [0, 0.05) is 56.1 Å². The predicted octanol–water partition coefficient (Wildman–Crippen LogP) is 6.00. The Morgan fingerprint density at radius 1 is 1.05 bits per heavy atom. The molecule has 1 saturated heterocycles. The van der Waals surface area contributed by atoms with Crippen LogP contribution in [0.2, 0.25) is 0 Å². The molecule has 208 valence electrons. The summed E-state index contributed by atoms with van der Waals surface area (Å²) in [5.41, 5.74) is 3.45. The summed E-state index contributed by atoms with van der Waals surface area (Å²) in [5.74, 6) is 1.41. The highest BCUT2D eigenvalue weighted by Crippen LogP contribution is 2.45. The van der Waals surface area contributed by atoms with Crippen molar-refractivity contribution < 1.29 is 9.53 Å². The fourth-order valence-corrected chi connectivity index (χ4v) is 6.39. The number of fused-ring (bicyclic) bond motifs is 1. The largest absolute Gasteiger partial charge is 0.376 e. The summed E-state index contributed by atoms with van der Waals surface area (Å²) in [6.07, 6.45) is 3.68. The number of piperazine rings is 1. The smallest absolute Gasteiger partial charge is 0.180 e. The Bertz CT molecular complexity index is 951. The van der Waals surface area contributed by atoms with E-state index in [1.165, 1.54) is 24.1 Å². The second-order valence-electron chi connectivity index (χ2n) is 14.1. The van der Waals surface area contributed by atoms with Crippen LogP contribution in [0.4, 0.5) is 5.69 Å². The summed E-state index contributed by atoms with van der Waals surface area (Å²) in [6, 6.07) is 6.68. The first kappa shape index (κ1) is 28.6. The van der Waals surface area contributed by atoms with Crippen molar-refractivity contribution >= 4 is 11.5 Å². The third-order valence-electron chi connectivity index (χ3n) is 9.58. The molecule has 3 aliphatic rings. The molecule has 5 heteroatoms. The Morgan fingerprint density at radius 3 is 2.27 bits per heavy atom. The third kappa shape index (κ3) is 6.25. The van der Waals surface area contributed by atoms with Gasteiger partial charge in [0.1, 0.15) is 0 Å². The molecule has 1 heterocycles. The summed E-state index contributed by atoms with van der Waals surface area (Å²) in [6.45, 7) is 27.2. The molecule has 1 saturated carbocycles. The maximum absolute atomic E-state index is 13.8. The Kier molecular flexibility index (Phi) is 8.20. The van der Waals surface area contributed by atoms with Gasteiger partial charge < -0.3 is 9.64 Å². The van der Waals surface area contributed by atoms with Crippen molar-refractivity contribution in [3.8, 4) is 0 Å². The van der Waals surface area contributed by atoms with Crippen molar-refractivity contribution in [2.24, 2.45) is 11.8 Å². The van der Waals surface area contributed by atoms with Gasteiger partial charge in [0.2, 0.25) is 0 Å². The molecule has 2 aliphatic carbocycles. The molecule has 0 bridgehead atoms. The number of nitrogens with zero attached hydrogens (tertiary/aromatic N) is 3. The van der Waals surface area contributed by atoms with Crippen molar-refractivity contribution in [3.63, 3.8) is 0 Å². The van der Waals surface area contributed by atoms with Gasteiger partial charge in [-0.05, 0) is 101 Å².